The second-order valence-corrected chi connectivity index (χ2v) is 2.74. The van der Waals surface area contributed by atoms with E-state index in [1.807, 2.05) is 0 Å². The SMILES string of the molecule is Nc1cc(N(CCO)CCO)ncn1. The summed E-state index contributed by atoms with van der Waals surface area (Å²) in [5, 5.41) is 17.6. The summed E-state index contributed by atoms with van der Waals surface area (Å²) in [4.78, 5) is 9.48. The first-order chi connectivity index (χ1) is 6.77. The monoisotopic (exact) mass is 198 g/mol. The van der Waals surface area contributed by atoms with Crippen LogP contribution >= 0.6 is 0 Å². The maximum atomic E-state index is 8.80. The summed E-state index contributed by atoms with van der Waals surface area (Å²) in [6.45, 7) is 0.835. The number of hydrogen-bond acceptors (Lipinski definition) is 6. The molecule has 0 spiro atoms. The van der Waals surface area contributed by atoms with Gasteiger partial charge in [-0.2, -0.15) is 0 Å². The summed E-state index contributed by atoms with van der Waals surface area (Å²) < 4.78 is 0. The Kier molecular flexibility index (Phi) is 4.09. The first-order valence-electron chi connectivity index (χ1n) is 4.32. The second kappa shape index (κ2) is 5.36. The van der Waals surface area contributed by atoms with Crippen LogP contribution in [-0.2, 0) is 0 Å². The highest BCUT2D eigenvalue weighted by molar-refractivity contribution is 5.45. The molecule has 78 valence electrons. The Morgan fingerprint density at radius 1 is 1.21 bits per heavy atom. The van der Waals surface area contributed by atoms with Crippen LogP contribution in [0.15, 0.2) is 12.4 Å². The predicted octanol–water partition coefficient (Wildman–Crippen LogP) is -1.15. The number of nitrogen functional groups attached to an aromatic ring is 1. The normalized spacial score (nSPS) is 10.1. The molecule has 0 atom stereocenters. The van der Waals surface area contributed by atoms with Crippen LogP contribution in [0.1, 0.15) is 0 Å². The fourth-order valence-electron chi connectivity index (χ4n) is 1.12. The lowest BCUT2D eigenvalue weighted by molar-refractivity contribution is 0.280. The molecule has 1 aromatic heterocycles. The summed E-state index contributed by atoms with van der Waals surface area (Å²) in [5.41, 5.74) is 5.49. The van der Waals surface area contributed by atoms with Gasteiger partial charge in [-0.05, 0) is 0 Å². The Morgan fingerprint density at radius 3 is 2.36 bits per heavy atom. The topological polar surface area (TPSA) is 95.5 Å². The number of nitrogens with zero attached hydrogens (tertiary/aromatic N) is 3. The van der Waals surface area contributed by atoms with Crippen LogP contribution in [0.4, 0.5) is 11.6 Å². The first-order valence-corrected chi connectivity index (χ1v) is 4.32. The molecule has 1 rings (SSSR count). The second-order valence-electron chi connectivity index (χ2n) is 2.74. The zero-order valence-corrected chi connectivity index (χ0v) is 7.80. The zero-order valence-electron chi connectivity index (χ0n) is 7.80. The number of hydrogen-bond donors (Lipinski definition) is 3. The molecule has 0 saturated carbocycles. The molecule has 1 heterocycles. The average Bonchev–Trinajstić information content (AvgIpc) is 2.17. The molecule has 0 amide bonds. The Morgan fingerprint density at radius 2 is 1.86 bits per heavy atom. The van der Waals surface area contributed by atoms with Crippen molar-refractivity contribution >= 4 is 11.6 Å². The Labute approximate surface area is 82.0 Å². The molecule has 6 heteroatoms. The maximum absolute atomic E-state index is 8.80. The predicted molar refractivity (Wildman–Crippen MR) is 52.8 cm³/mol. The minimum atomic E-state index is 0.00388. The lowest BCUT2D eigenvalue weighted by Gasteiger charge is -2.21. The van der Waals surface area contributed by atoms with Crippen molar-refractivity contribution in [2.75, 3.05) is 36.9 Å². The van der Waals surface area contributed by atoms with Crippen LogP contribution in [0, 0.1) is 0 Å². The van der Waals surface area contributed by atoms with Crippen LogP contribution in [0.25, 0.3) is 0 Å². The Hall–Kier alpha value is -1.40. The maximum Gasteiger partial charge on any atom is 0.134 e. The van der Waals surface area contributed by atoms with Crippen molar-refractivity contribution in [2.45, 2.75) is 0 Å². The summed E-state index contributed by atoms with van der Waals surface area (Å²) >= 11 is 0. The van der Waals surface area contributed by atoms with E-state index in [4.69, 9.17) is 15.9 Å². The smallest absolute Gasteiger partial charge is 0.134 e. The molecule has 0 aliphatic heterocycles. The molecule has 0 unspecified atom stereocenters. The van der Waals surface area contributed by atoms with Crippen molar-refractivity contribution in [1.82, 2.24) is 9.97 Å². The number of aromatic nitrogens is 2. The van der Waals surface area contributed by atoms with Crippen molar-refractivity contribution in [1.29, 1.82) is 0 Å². The first kappa shape index (κ1) is 10.7. The summed E-state index contributed by atoms with van der Waals surface area (Å²) in [5.74, 6) is 0.983. The van der Waals surface area contributed by atoms with Crippen LogP contribution in [0.5, 0.6) is 0 Å². The standard InChI is InChI=1S/C8H14N4O2/c9-7-5-8(11-6-10-7)12(1-3-13)2-4-14/h5-6,13-14H,1-4H2,(H2,9,10,11). The van der Waals surface area contributed by atoms with Crippen molar-refractivity contribution in [2.24, 2.45) is 0 Å². The van der Waals surface area contributed by atoms with Crippen LogP contribution in [-0.4, -0.2) is 46.5 Å². The van der Waals surface area contributed by atoms with Crippen LogP contribution in [0.2, 0.25) is 0 Å². The van der Waals surface area contributed by atoms with Gasteiger partial charge >= 0.3 is 0 Å². The fraction of sp³-hybridized carbons (Fsp3) is 0.500. The molecule has 14 heavy (non-hydrogen) atoms. The number of rotatable bonds is 5. The van der Waals surface area contributed by atoms with Crippen molar-refractivity contribution < 1.29 is 10.2 Å². The molecule has 1 aromatic rings. The van der Waals surface area contributed by atoms with Gasteiger partial charge in [0.25, 0.3) is 0 Å². The van der Waals surface area contributed by atoms with E-state index in [0.717, 1.165) is 0 Å². The van der Waals surface area contributed by atoms with Gasteiger partial charge in [0.1, 0.15) is 18.0 Å². The van der Waals surface area contributed by atoms with Crippen LogP contribution in [0.3, 0.4) is 0 Å². The molecule has 0 radical (unpaired) electrons. The van der Waals surface area contributed by atoms with Crippen molar-refractivity contribution in [3.05, 3.63) is 12.4 Å². The summed E-state index contributed by atoms with van der Waals surface area (Å²) in [7, 11) is 0. The molecular weight excluding hydrogens is 184 g/mol. The number of aliphatic hydroxyl groups excluding tert-OH is 2. The van der Waals surface area contributed by atoms with Crippen molar-refractivity contribution in [3.63, 3.8) is 0 Å². The quantitative estimate of drug-likeness (QED) is 0.553. The molecular formula is C8H14N4O2. The van der Waals surface area contributed by atoms with E-state index in [1.165, 1.54) is 6.33 Å². The van der Waals surface area contributed by atoms with Crippen molar-refractivity contribution in [3.8, 4) is 0 Å². The number of aliphatic hydroxyl groups is 2. The molecule has 0 fully saturated rings. The van der Waals surface area contributed by atoms with Gasteiger partial charge < -0.3 is 20.8 Å². The third kappa shape index (κ3) is 2.82. The molecule has 0 bridgehead atoms. The summed E-state index contributed by atoms with van der Waals surface area (Å²) in [6, 6.07) is 1.60. The van der Waals surface area contributed by atoms with Gasteiger partial charge in [-0.25, -0.2) is 9.97 Å². The highest BCUT2D eigenvalue weighted by Gasteiger charge is 2.06. The number of anilines is 2. The molecule has 4 N–H and O–H groups in total. The van der Waals surface area contributed by atoms with E-state index in [0.29, 0.717) is 24.7 Å². The van der Waals surface area contributed by atoms with Gasteiger partial charge in [-0.15, -0.1) is 0 Å². The molecule has 0 aliphatic rings. The van der Waals surface area contributed by atoms with Gasteiger partial charge in [-0.1, -0.05) is 0 Å². The van der Waals surface area contributed by atoms with Gasteiger partial charge in [0.05, 0.1) is 13.2 Å². The van der Waals surface area contributed by atoms with Gasteiger partial charge in [-0.3, -0.25) is 0 Å². The lowest BCUT2D eigenvalue weighted by Crippen LogP contribution is -2.30. The Balaban J connectivity index is 2.75. The minimum absolute atomic E-state index is 0.00388. The van der Waals surface area contributed by atoms with E-state index in [2.05, 4.69) is 9.97 Å². The van der Waals surface area contributed by atoms with E-state index in [9.17, 15) is 0 Å². The Bertz CT molecular complexity index is 276. The van der Waals surface area contributed by atoms with E-state index >= 15 is 0 Å². The summed E-state index contributed by atoms with van der Waals surface area (Å²) in [6.07, 6.45) is 1.35. The van der Waals surface area contributed by atoms with E-state index < -0.39 is 0 Å². The lowest BCUT2D eigenvalue weighted by atomic mass is 10.4. The average molecular weight is 198 g/mol. The van der Waals surface area contributed by atoms with Gasteiger partial charge in [0.15, 0.2) is 0 Å². The molecule has 6 nitrogen and oxygen atoms in total. The van der Waals surface area contributed by atoms with E-state index in [1.54, 1.807) is 11.0 Å². The van der Waals surface area contributed by atoms with Gasteiger partial charge in [0.2, 0.25) is 0 Å². The van der Waals surface area contributed by atoms with E-state index in [-0.39, 0.29) is 13.2 Å². The van der Waals surface area contributed by atoms with Crippen LogP contribution < -0.4 is 10.6 Å². The molecule has 0 saturated heterocycles. The molecule has 0 aliphatic carbocycles. The highest BCUT2D eigenvalue weighted by atomic mass is 16.3. The van der Waals surface area contributed by atoms with Gasteiger partial charge in [0, 0.05) is 19.2 Å². The third-order valence-electron chi connectivity index (χ3n) is 1.74. The zero-order chi connectivity index (χ0) is 10.4. The third-order valence-corrected chi connectivity index (χ3v) is 1.74. The molecule has 0 aromatic carbocycles. The number of nitrogens with two attached hydrogens (primary N) is 1. The minimum Gasteiger partial charge on any atom is -0.395 e. The highest BCUT2D eigenvalue weighted by Crippen LogP contribution is 2.10. The fourth-order valence-corrected chi connectivity index (χ4v) is 1.12. The largest absolute Gasteiger partial charge is 0.395 e.